The Kier molecular flexibility index (Phi) is 21.8. The Bertz CT molecular complexity index is 2650. The van der Waals surface area contributed by atoms with Crippen LogP contribution >= 0.6 is 73.7 Å². The second kappa shape index (κ2) is 28.1. The summed E-state index contributed by atoms with van der Waals surface area (Å²) < 4.78 is 68.2. The predicted molar refractivity (Wildman–Crippen MR) is 291 cm³/mol. The molecule has 0 aliphatic carbocycles. The largest absolute Gasteiger partial charge is 0.481 e. The molecule has 2 fully saturated rings. The van der Waals surface area contributed by atoms with Crippen LogP contribution in [0, 0.1) is 11.6 Å². The number of thioether (sulfide) groups is 2. The quantitative estimate of drug-likeness (QED) is 0.0481. The van der Waals surface area contributed by atoms with Crippen LogP contribution in [0.5, 0.6) is 0 Å². The molecule has 0 amide bonds. The third-order valence-corrected chi connectivity index (χ3v) is 17.1. The van der Waals surface area contributed by atoms with Crippen LogP contribution < -0.4 is 10.6 Å². The summed E-state index contributed by atoms with van der Waals surface area (Å²) in [5.74, 6) is -2.21. The van der Waals surface area contributed by atoms with Gasteiger partial charge in [-0.2, -0.15) is 0 Å². The third-order valence-electron chi connectivity index (χ3n) is 12.3. The number of alkyl halides is 2. The first-order valence-electron chi connectivity index (χ1n) is 24.1. The molecule has 16 nitrogen and oxygen atoms in total. The van der Waals surface area contributed by atoms with Gasteiger partial charge in [0, 0.05) is 99.4 Å². The fraction of sp³-hybridized carbons (Fsp3) is 0.440. The summed E-state index contributed by atoms with van der Waals surface area (Å²) in [7, 11) is 0. The van der Waals surface area contributed by atoms with Gasteiger partial charge in [-0.15, -0.1) is 46.2 Å². The van der Waals surface area contributed by atoms with Crippen molar-refractivity contribution in [2.45, 2.75) is 76.0 Å². The van der Waals surface area contributed by atoms with E-state index in [1.54, 1.807) is 43.1 Å². The van der Waals surface area contributed by atoms with E-state index in [9.17, 15) is 36.7 Å². The fourth-order valence-corrected chi connectivity index (χ4v) is 12.9. The summed E-state index contributed by atoms with van der Waals surface area (Å²) in [6.45, 7) is 4.27. The van der Waals surface area contributed by atoms with Crippen molar-refractivity contribution < 1.29 is 56.4 Å². The number of hydrogen-bond donors (Lipinski definition) is 4. The minimum atomic E-state index is -1.06. The highest BCUT2D eigenvalue weighted by molar-refractivity contribution is 9.10. The maximum absolute atomic E-state index is 14.6. The van der Waals surface area contributed by atoms with Gasteiger partial charge in [0.05, 0.1) is 35.9 Å². The minimum absolute atomic E-state index is 0.0417. The van der Waals surface area contributed by atoms with E-state index in [1.807, 2.05) is 9.80 Å². The molecule has 8 rings (SSSR count). The highest BCUT2D eigenvalue weighted by Gasteiger charge is 2.39. The van der Waals surface area contributed by atoms with Crippen LogP contribution in [0.15, 0.2) is 96.5 Å². The summed E-state index contributed by atoms with van der Waals surface area (Å²) in [4.78, 5) is 70.8. The topological polar surface area (TPSA) is 208 Å². The number of likely N-dealkylation sites (tertiary alicyclic amines) is 2. The van der Waals surface area contributed by atoms with Gasteiger partial charge >= 0.3 is 23.9 Å². The Hall–Kier alpha value is -4.89. The number of nitrogens with one attached hydrogen (secondary N) is 2. The number of hydrogen-bond acceptors (Lipinski definition) is 18. The van der Waals surface area contributed by atoms with Gasteiger partial charge in [0.2, 0.25) is 0 Å². The van der Waals surface area contributed by atoms with Crippen LogP contribution in [-0.4, -0.2) is 152 Å². The number of aliphatic carboxylic acids is 2. The Morgan fingerprint density at radius 3 is 1.58 bits per heavy atom. The van der Waals surface area contributed by atoms with Crippen LogP contribution in [0.25, 0.3) is 0 Å². The number of aromatic nitrogens is 2. The number of carboxylic acid groups (broad SMARTS) is 2. The van der Waals surface area contributed by atoms with Crippen LogP contribution in [0.3, 0.4) is 0 Å². The average molecular weight is 1210 g/mol. The number of carboxylic acids is 2. The second-order valence-corrected chi connectivity index (χ2v) is 22.7. The lowest BCUT2D eigenvalue weighted by molar-refractivity contribution is -0.139. The van der Waals surface area contributed by atoms with Gasteiger partial charge in [-0.3, -0.25) is 29.4 Å². The number of piperidine rings is 2. The van der Waals surface area contributed by atoms with Crippen molar-refractivity contribution in [1.82, 2.24) is 30.4 Å². The number of amidine groups is 2. The first-order valence-corrected chi connectivity index (χ1v) is 29.3. The molecular weight excluding hydrogens is 1160 g/mol. The molecule has 2 saturated heterocycles. The molecule has 6 heterocycles. The molecular formula is C50H54BrClF4N8O8S4. The van der Waals surface area contributed by atoms with Crippen molar-refractivity contribution >= 4 is 109 Å². The van der Waals surface area contributed by atoms with Crippen molar-refractivity contribution in [3.05, 3.63) is 124 Å². The van der Waals surface area contributed by atoms with Crippen molar-refractivity contribution in [3.63, 3.8) is 0 Å². The van der Waals surface area contributed by atoms with Gasteiger partial charge in [0.1, 0.15) is 36.1 Å². The molecule has 0 bridgehead atoms. The van der Waals surface area contributed by atoms with Crippen LogP contribution in [-0.2, 0) is 28.7 Å². The molecule has 26 heteroatoms. The molecule has 4 aliphatic rings. The molecule has 6 unspecified atom stereocenters. The zero-order valence-electron chi connectivity index (χ0n) is 41.1. The summed E-state index contributed by atoms with van der Waals surface area (Å²) in [6, 6.07) is 6.15. The number of halogens is 6. The van der Waals surface area contributed by atoms with Gasteiger partial charge in [-0.1, -0.05) is 39.7 Å². The van der Waals surface area contributed by atoms with E-state index >= 15 is 0 Å². The number of esters is 2. The number of carbonyl (C=O) groups excluding carboxylic acids is 2. The number of aliphatic imine (C=N–C) groups is 2. The summed E-state index contributed by atoms with van der Waals surface area (Å²) in [5.41, 5.74) is 2.37. The van der Waals surface area contributed by atoms with E-state index in [2.05, 4.69) is 36.5 Å². The monoisotopic (exact) mass is 1210 g/mol. The normalized spacial score (nSPS) is 22.1. The fourth-order valence-electron chi connectivity index (χ4n) is 8.97. The molecule has 6 atom stereocenters. The lowest BCUT2D eigenvalue weighted by Crippen LogP contribution is -2.49. The van der Waals surface area contributed by atoms with Crippen molar-refractivity contribution in [1.29, 1.82) is 0 Å². The van der Waals surface area contributed by atoms with E-state index < -0.39 is 59.9 Å². The SMILES string of the molecule is CCOC(=O)C1=C(CN2CC(F)CCC2CSCC(=O)O)NC(c2nccs2)=NC1c1ccc(F)cc1Br.CCOC(=O)C1=C(CN2CC(F)CCC2CSCC(=O)O)NC(c2nccs2)=NC1c1ccc(F)cc1Cl. The minimum Gasteiger partial charge on any atom is -0.481 e. The van der Waals surface area contributed by atoms with E-state index in [-0.39, 0.29) is 79.2 Å². The molecule has 0 radical (unpaired) electrons. The highest BCUT2D eigenvalue weighted by Crippen LogP contribution is 2.40. The number of thiazole rings is 2. The van der Waals surface area contributed by atoms with E-state index in [4.69, 9.17) is 41.3 Å². The first-order chi connectivity index (χ1) is 36.5. The number of ether oxygens (including phenoxy) is 2. The van der Waals surface area contributed by atoms with E-state index in [0.29, 0.717) is 85.9 Å². The molecule has 4 N–H and O–H groups in total. The second-order valence-electron chi connectivity index (χ2n) is 17.6. The Balaban J connectivity index is 0.000000221. The standard InChI is InChI=1S/C25H27BrF2N4O4S2.C25H27ClF2N4O4S2/c2*1-2-36-25(35)21-19(11-32-10-15(28)3-5-16(32)12-37-13-20(33)34)30-23(24-29-7-8-38-24)31-22(21)17-6-4-14(27)9-18(17)26/h2*4,6-9,15-16,22H,2-3,5,10-13H2,1H3,(H,30,31)(H,33,34). The zero-order chi connectivity index (χ0) is 54.5. The van der Waals surface area contributed by atoms with Gasteiger partial charge in [-0.05, 0) is 69.4 Å². The zero-order valence-corrected chi connectivity index (χ0v) is 46.7. The lowest BCUT2D eigenvalue weighted by atomic mass is 9.94. The van der Waals surface area contributed by atoms with Gasteiger partial charge in [0.25, 0.3) is 0 Å². The van der Waals surface area contributed by atoms with E-state index in [1.165, 1.54) is 70.5 Å². The van der Waals surface area contributed by atoms with Crippen LogP contribution in [0.2, 0.25) is 5.02 Å². The maximum Gasteiger partial charge on any atom is 0.338 e. The number of carbonyl (C=O) groups is 4. The van der Waals surface area contributed by atoms with Crippen LogP contribution in [0.4, 0.5) is 17.6 Å². The lowest BCUT2D eigenvalue weighted by Gasteiger charge is -2.39. The molecule has 2 aromatic carbocycles. The molecule has 2 aromatic heterocycles. The van der Waals surface area contributed by atoms with Gasteiger partial charge < -0.3 is 30.3 Å². The predicted octanol–water partition coefficient (Wildman–Crippen LogP) is 9.04. The highest BCUT2D eigenvalue weighted by atomic mass is 79.9. The molecule has 408 valence electrons. The Morgan fingerprint density at radius 2 is 1.17 bits per heavy atom. The van der Waals surface area contributed by atoms with Crippen molar-refractivity contribution in [3.8, 4) is 0 Å². The summed E-state index contributed by atoms with van der Waals surface area (Å²) in [5, 5.41) is 29.4. The Labute approximate surface area is 466 Å². The summed E-state index contributed by atoms with van der Waals surface area (Å²) >= 11 is 15.1. The average Bonchev–Trinajstić information content (AvgIpc) is 4.12. The number of nitrogens with zero attached hydrogens (tertiary/aromatic N) is 6. The third kappa shape index (κ3) is 15.7. The van der Waals surface area contributed by atoms with Gasteiger partial charge in [0.15, 0.2) is 21.7 Å². The van der Waals surface area contributed by atoms with Crippen molar-refractivity contribution in [2.75, 3.05) is 62.4 Å². The summed E-state index contributed by atoms with van der Waals surface area (Å²) in [6.07, 6.45) is 3.06. The molecule has 0 saturated carbocycles. The number of rotatable bonds is 20. The smallest absolute Gasteiger partial charge is 0.338 e. The molecule has 76 heavy (non-hydrogen) atoms. The van der Waals surface area contributed by atoms with E-state index in [0.717, 1.165) is 6.07 Å². The molecule has 0 spiro atoms. The maximum atomic E-state index is 14.6. The Morgan fingerprint density at radius 1 is 0.724 bits per heavy atom. The number of benzene rings is 2. The first kappa shape index (κ1) is 58.8. The van der Waals surface area contributed by atoms with Crippen LogP contribution in [0.1, 0.15) is 72.8 Å². The van der Waals surface area contributed by atoms with Gasteiger partial charge in [-0.25, -0.2) is 37.1 Å². The van der Waals surface area contributed by atoms with Crippen molar-refractivity contribution in [2.24, 2.45) is 9.98 Å². The molecule has 4 aliphatic heterocycles. The molecule has 4 aromatic rings.